The molecule has 3 rings (SSSR count). The molecule has 1 atom stereocenters. The maximum Gasteiger partial charge on any atom is 0.356 e. The minimum absolute atomic E-state index is 0.0570. The lowest BCUT2D eigenvalue weighted by molar-refractivity contribution is -0.160. The van der Waals surface area contributed by atoms with Gasteiger partial charge >= 0.3 is 13.6 Å². The summed E-state index contributed by atoms with van der Waals surface area (Å²) >= 11 is 0. The Morgan fingerprint density at radius 3 is 2.68 bits per heavy atom. The molecule has 0 aliphatic heterocycles. The van der Waals surface area contributed by atoms with E-state index >= 15 is 0 Å². The lowest BCUT2D eigenvalue weighted by Crippen LogP contribution is -2.24. The number of anilines is 1. The molecule has 0 amide bonds. The first-order valence-electron chi connectivity index (χ1n) is 9.83. The van der Waals surface area contributed by atoms with Crippen molar-refractivity contribution < 1.29 is 33.0 Å². The minimum atomic E-state index is -4.11. The van der Waals surface area contributed by atoms with Crippen molar-refractivity contribution >= 4 is 30.7 Å². The Labute approximate surface area is 179 Å². The number of imidazole rings is 1. The number of hydrogen-bond acceptors (Lipinski definition) is 10. The number of fused-ring (bicyclic) bond motifs is 1. The molecule has 1 unspecified atom stereocenters. The van der Waals surface area contributed by atoms with Gasteiger partial charge in [0.2, 0.25) is 18.6 Å². The number of esters is 1. The summed E-state index contributed by atoms with van der Waals surface area (Å²) in [4.78, 5) is 34.3. The molecule has 13 heteroatoms. The predicted octanol–water partition coefficient (Wildman–Crippen LogP) is 2.06. The highest BCUT2D eigenvalue weighted by molar-refractivity contribution is 7.52. The summed E-state index contributed by atoms with van der Waals surface area (Å²) in [6.07, 6.45) is 2.41. The van der Waals surface area contributed by atoms with Gasteiger partial charge in [-0.2, -0.15) is 9.97 Å². The molecular weight excluding hydrogens is 429 g/mol. The Kier molecular flexibility index (Phi) is 6.56. The van der Waals surface area contributed by atoms with Gasteiger partial charge in [0.25, 0.3) is 0 Å². The number of carbonyl (C=O) groups excluding carboxylic acids is 1. The Bertz CT molecular complexity index is 999. The summed E-state index contributed by atoms with van der Waals surface area (Å²) < 4.78 is 34.9. The number of hydrogen-bond donors (Lipinski definition) is 2. The lowest BCUT2D eigenvalue weighted by atomic mass is 9.98. The van der Waals surface area contributed by atoms with E-state index in [0.717, 1.165) is 0 Å². The zero-order valence-corrected chi connectivity index (χ0v) is 18.9. The topological polar surface area (TPSA) is 161 Å². The van der Waals surface area contributed by atoms with E-state index in [-0.39, 0.29) is 5.95 Å². The quantitative estimate of drug-likeness (QED) is 0.305. The van der Waals surface area contributed by atoms with Gasteiger partial charge in [0, 0.05) is 0 Å². The van der Waals surface area contributed by atoms with Gasteiger partial charge in [0.15, 0.2) is 11.2 Å². The lowest BCUT2D eigenvalue weighted by Gasteiger charge is -2.21. The summed E-state index contributed by atoms with van der Waals surface area (Å²) in [5.41, 5.74) is 5.35. The van der Waals surface area contributed by atoms with Crippen molar-refractivity contribution in [1.82, 2.24) is 19.5 Å². The second-order valence-corrected chi connectivity index (χ2v) is 10.2. The second kappa shape index (κ2) is 8.70. The molecule has 0 spiro atoms. The minimum Gasteiger partial charge on any atom is -0.476 e. The molecular formula is C18H28N5O7P. The van der Waals surface area contributed by atoms with Gasteiger partial charge in [-0.05, 0) is 40.5 Å². The first kappa shape index (κ1) is 23.4. The third-order valence-electron chi connectivity index (χ3n) is 4.59. The first-order chi connectivity index (χ1) is 14.4. The van der Waals surface area contributed by atoms with Crippen molar-refractivity contribution in [2.45, 2.75) is 52.7 Å². The molecule has 0 radical (unpaired) electrons. The molecule has 1 aliphatic carbocycles. The fourth-order valence-electron chi connectivity index (χ4n) is 2.72. The monoisotopic (exact) mass is 457 g/mol. The van der Waals surface area contributed by atoms with E-state index in [0.29, 0.717) is 43.0 Å². The van der Waals surface area contributed by atoms with Gasteiger partial charge in [-0.1, -0.05) is 0 Å². The highest BCUT2D eigenvalue weighted by atomic mass is 31.2. The third kappa shape index (κ3) is 5.91. The van der Waals surface area contributed by atoms with Crippen LogP contribution in [0, 0.1) is 5.41 Å². The molecule has 2 heterocycles. The Hall–Kier alpha value is -2.27. The van der Waals surface area contributed by atoms with Crippen LogP contribution in [0.4, 0.5) is 5.95 Å². The van der Waals surface area contributed by atoms with E-state index in [1.165, 1.54) is 0 Å². The molecule has 2 aromatic heterocycles. The average molecular weight is 457 g/mol. The van der Waals surface area contributed by atoms with E-state index in [1.807, 2.05) is 6.92 Å². The molecule has 0 aromatic carbocycles. The molecule has 2 aromatic rings. The van der Waals surface area contributed by atoms with E-state index < -0.39 is 37.7 Å². The van der Waals surface area contributed by atoms with Crippen LogP contribution in [-0.4, -0.2) is 55.7 Å². The predicted molar refractivity (Wildman–Crippen MR) is 110 cm³/mol. The van der Waals surface area contributed by atoms with Gasteiger partial charge in [0.05, 0.1) is 30.5 Å². The van der Waals surface area contributed by atoms with Crippen molar-refractivity contribution in [3.05, 3.63) is 6.33 Å². The standard InChI is InChI=1S/C18H28N5O7P/c1-5-27-14-12-13(21-16(19)22-14)23(9-20-12)8-18(6-7-18)29-11-31(25,26)30-10-28-15(24)17(2,3)4/h9H,5-8,10-11H2,1-4H3,(H,25,26)(H2,19,21,22). The summed E-state index contributed by atoms with van der Waals surface area (Å²) in [5, 5.41) is 0. The highest BCUT2D eigenvalue weighted by Crippen LogP contribution is 2.48. The average Bonchev–Trinajstić information content (AvgIpc) is 3.33. The smallest absolute Gasteiger partial charge is 0.356 e. The number of ether oxygens (including phenoxy) is 3. The van der Waals surface area contributed by atoms with Crippen LogP contribution < -0.4 is 10.5 Å². The van der Waals surface area contributed by atoms with E-state index in [1.54, 1.807) is 31.7 Å². The van der Waals surface area contributed by atoms with E-state index in [9.17, 15) is 14.3 Å². The van der Waals surface area contributed by atoms with Crippen molar-refractivity contribution in [1.29, 1.82) is 0 Å². The number of nitrogens with zero attached hydrogens (tertiary/aromatic N) is 4. The Morgan fingerprint density at radius 1 is 1.35 bits per heavy atom. The molecule has 172 valence electrons. The largest absolute Gasteiger partial charge is 0.476 e. The van der Waals surface area contributed by atoms with Crippen LogP contribution in [0.1, 0.15) is 40.5 Å². The normalized spacial score (nSPS) is 17.3. The summed E-state index contributed by atoms with van der Waals surface area (Å²) in [6, 6.07) is 0. The Morgan fingerprint density at radius 2 is 2.06 bits per heavy atom. The maximum atomic E-state index is 12.2. The van der Waals surface area contributed by atoms with Crippen molar-refractivity contribution in [2.75, 3.05) is 25.5 Å². The molecule has 0 saturated heterocycles. The first-order valence-corrected chi connectivity index (χ1v) is 11.6. The van der Waals surface area contributed by atoms with Crippen molar-refractivity contribution in [3.8, 4) is 5.88 Å². The molecule has 12 nitrogen and oxygen atoms in total. The molecule has 31 heavy (non-hydrogen) atoms. The van der Waals surface area contributed by atoms with Crippen molar-refractivity contribution in [3.63, 3.8) is 0 Å². The third-order valence-corrected chi connectivity index (χ3v) is 5.55. The van der Waals surface area contributed by atoms with Crippen LogP contribution in [0.3, 0.4) is 0 Å². The van der Waals surface area contributed by atoms with Crippen LogP contribution >= 0.6 is 7.60 Å². The van der Waals surface area contributed by atoms with Crippen LogP contribution in [0.25, 0.3) is 11.2 Å². The highest BCUT2D eigenvalue weighted by Gasteiger charge is 2.46. The fourth-order valence-corrected chi connectivity index (χ4v) is 3.45. The second-order valence-electron chi connectivity index (χ2n) is 8.39. The van der Waals surface area contributed by atoms with Crippen LogP contribution in [0.5, 0.6) is 5.88 Å². The molecule has 1 fully saturated rings. The van der Waals surface area contributed by atoms with E-state index in [2.05, 4.69) is 15.0 Å². The van der Waals surface area contributed by atoms with Crippen LogP contribution in [-0.2, 0) is 29.9 Å². The van der Waals surface area contributed by atoms with Gasteiger partial charge < -0.3 is 29.4 Å². The Balaban J connectivity index is 1.60. The number of aromatic nitrogens is 4. The molecule has 1 aliphatic rings. The van der Waals surface area contributed by atoms with Gasteiger partial charge in [-0.3, -0.25) is 13.9 Å². The van der Waals surface area contributed by atoms with Crippen LogP contribution in [0.15, 0.2) is 6.33 Å². The summed E-state index contributed by atoms with van der Waals surface area (Å²) in [6.45, 7) is 6.97. The number of nitrogen functional groups attached to an aromatic ring is 1. The SMILES string of the molecule is CCOc1nc(N)nc2c1ncn2CC1(OCP(=O)(O)OCOC(=O)C(C)(C)C)CC1. The fraction of sp³-hybridized carbons (Fsp3) is 0.667. The van der Waals surface area contributed by atoms with Gasteiger partial charge in [-0.25, -0.2) is 4.98 Å². The summed E-state index contributed by atoms with van der Waals surface area (Å²) in [5.74, 6) is -0.180. The van der Waals surface area contributed by atoms with Gasteiger partial charge in [0.1, 0.15) is 6.35 Å². The van der Waals surface area contributed by atoms with Crippen molar-refractivity contribution in [2.24, 2.45) is 5.41 Å². The number of carbonyl (C=O) groups is 1. The number of rotatable bonds is 10. The zero-order valence-electron chi connectivity index (χ0n) is 18.0. The van der Waals surface area contributed by atoms with Gasteiger partial charge in [-0.15, -0.1) is 0 Å². The molecule has 3 N–H and O–H groups in total. The van der Waals surface area contributed by atoms with E-state index in [4.69, 9.17) is 24.5 Å². The molecule has 0 bridgehead atoms. The maximum absolute atomic E-state index is 12.2. The van der Waals surface area contributed by atoms with Crippen LogP contribution in [0.2, 0.25) is 0 Å². The number of nitrogens with two attached hydrogens (primary N) is 1. The molecule has 1 saturated carbocycles. The summed E-state index contributed by atoms with van der Waals surface area (Å²) in [7, 11) is -4.11. The zero-order chi connectivity index (χ0) is 22.9.